The van der Waals surface area contributed by atoms with E-state index < -0.39 is 11.2 Å². The van der Waals surface area contributed by atoms with E-state index >= 15 is 0 Å². The Bertz CT molecular complexity index is 1250. The van der Waals surface area contributed by atoms with E-state index in [1.165, 1.54) is 0 Å². The average Bonchev–Trinajstić information content (AvgIpc) is 2.81. The molecule has 0 aliphatic rings. The van der Waals surface area contributed by atoms with Crippen LogP contribution in [0.15, 0.2) is 60.7 Å². The smallest absolute Gasteiger partial charge is 0.127 e. The number of hydrogen-bond donors (Lipinski definition) is 2. The minimum atomic E-state index is -0.453. The molecule has 4 heteroatoms. The van der Waals surface area contributed by atoms with Gasteiger partial charge in [-0.15, -0.1) is 0 Å². The van der Waals surface area contributed by atoms with Crippen molar-refractivity contribution < 1.29 is 19.7 Å². The Hall–Kier alpha value is -3.08. The van der Waals surface area contributed by atoms with Gasteiger partial charge in [-0.25, -0.2) is 0 Å². The fourth-order valence-corrected chi connectivity index (χ4v) is 4.63. The fraction of sp³-hybridized carbons (Fsp3) is 0.333. The molecule has 0 aliphatic heterocycles. The lowest BCUT2D eigenvalue weighted by Crippen LogP contribution is -2.25. The molecule has 4 rings (SSSR count). The first-order valence-electron chi connectivity index (χ1n) is 11.6. The van der Waals surface area contributed by atoms with Crippen LogP contribution in [0.4, 0.5) is 0 Å². The van der Waals surface area contributed by atoms with Crippen molar-refractivity contribution in [3.8, 4) is 22.6 Å². The van der Waals surface area contributed by atoms with E-state index in [4.69, 9.17) is 9.47 Å². The standard InChI is InChI=1S/C30H34O4/c1-29(2,33-5)17-21-15-19-11-7-9-13-23(19)25(27(21)31)26-24-14-10-8-12-20(24)16-22(28(26)32)18-30(3,4)34-6/h7-16,31-32H,17-18H2,1-6H3. The van der Waals surface area contributed by atoms with Crippen molar-refractivity contribution in [2.45, 2.75) is 51.7 Å². The van der Waals surface area contributed by atoms with Gasteiger partial charge in [0.15, 0.2) is 0 Å². The molecule has 0 radical (unpaired) electrons. The molecule has 0 unspecified atom stereocenters. The summed E-state index contributed by atoms with van der Waals surface area (Å²) in [6, 6.07) is 20.0. The third kappa shape index (κ3) is 4.48. The Balaban J connectivity index is 2.10. The van der Waals surface area contributed by atoms with Crippen molar-refractivity contribution >= 4 is 21.5 Å². The lowest BCUT2D eigenvalue weighted by molar-refractivity contribution is 0.0225. The van der Waals surface area contributed by atoms with Crippen LogP contribution in [0.1, 0.15) is 38.8 Å². The number of phenols is 2. The van der Waals surface area contributed by atoms with Crippen LogP contribution < -0.4 is 0 Å². The van der Waals surface area contributed by atoms with Crippen LogP contribution in [0.2, 0.25) is 0 Å². The molecule has 0 saturated heterocycles. The zero-order chi connectivity index (χ0) is 24.7. The molecule has 0 spiro atoms. The highest BCUT2D eigenvalue weighted by atomic mass is 16.5. The quantitative estimate of drug-likeness (QED) is 0.313. The molecule has 178 valence electrons. The Morgan fingerprint density at radius 2 is 0.971 bits per heavy atom. The zero-order valence-electron chi connectivity index (χ0n) is 20.9. The maximum absolute atomic E-state index is 11.7. The maximum Gasteiger partial charge on any atom is 0.127 e. The van der Waals surface area contributed by atoms with Crippen LogP contribution in [-0.4, -0.2) is 35.6 Å². The average molecular weight is 459 g/mol. The zero-order valence-corrected chi connectivity index (χ0v) is 20.9. The highest BCUT2D eigenvalue weighted by Crippen LogP contribution is 2.48. The van der Waals surface area contributed by atoms with E-state index in [1.54, 1.807) is 14.2 Å². The third-order valence-corrected chi connectivity index (χ3v) is 6.79. The van der Waals surface area contributed by atoms with Gasteiger partial charge in [0, 0.05) is 38.2 Å². The molecule has 4 aromatic carbocycles. The summed E-state index contributed by atoms with van der Waals surface area (Å²) in [5, 5.41) is 27.1. The van der Waals surface area contributed by atoms with Crippen molar-refractivity contribution in [2.24, 2.45) is 0 Å². The van der Waals surface area contributed by atoms with E-state index in [0.29, 0.717) is 24.0 Å². The molecule has 0 atom stereocenters. The van der Waals surface area contributed by atoms with Gasteiger partial charge in [0.05, 0.1) is 11.2 Å². The summed E-state index contributed by atoms with van der Waals surface area (Å²) in [5.41, 5.74) is 1.95. The molecule has 34 heavy (non-hydrogen) atoms. The SMILES string of the molecule is COC(C)(C)Cc1cc2ccccc2c(-c2c(O)c(CC(C)(C)OC)cc3ccccc23)c1O. The molecular weight excluding hydrogens is 424 g/mol. The first-order valence-corrected chi connectivity index (χ1v) is 11.6. The van der Waals surface area contributed by atoms with E-state index in [9.17, 15) is 10.2 Å². The topological polar surface area (TPSA) is 58.9 Å². The summed E-state index contributed by atoms with van der Waals surface area (Å²) in [6.07, 6.45) is 1.06. The van der Waals surface area contributed by atoms with Crippen molar-refractivity contribution in [2.75, 3.05) is 14.2 Å². The maximum atomic E-state index is 11.7. The molecule has 4 nitrogen and oxygen atoms in total. The molecule has 2 N–H and O–H groups in total. The Morgan fingerprint density at radius 1 is 0.618 bits per heavy atom. The molecule has 4 aromatic rings. The number of rotatable bonds is 7. The second-order valence-corrected chi connectivity index (χ2v) is 10.2. The van der Waals surface area contributed by atoms with Crippen LogP contribution in [0.25, 0.3) is 32.7 Å². The Kier molecular flexibility index (Phi) is 6.32. The molecule has 0 aliphatic carbocycles. The monoisotopic (exact) mass is 458 g/mol. The summed E-state index contributed by atoms with van der Waals surface area (Å²) >= 11 is 0. The van der Waals surface area contributed by atoms with Gasteiger partial charge in [0.2, 0.25) is 0 Å². The van der Waals surface area contributed by atoms with Crippen LogP contribution in [0.5, 0.6) is 11.5 Å². The lowest BCUT2D eigenvalue weighted by Gasteiger charge is -2.26. The van der Waals surface area contributed by atoms with Crippen LogP contribution in [-0.2, 0) is 22.3 Å². The second kappa shape index (κ2) is 8.94. The predicted molar refractivity (Wildman–Crippen MR) is 140 cm³/mol. The summed E-state index contributed by atoms with van der Waals surface area (Å²) in [4.78, 5) is 0. The number of aromatic hydroxyl groups is 2. The van der Waals surface area contributed by atoms with Gasteiger partial charge in [-0.1, -0.05) is 48.5 Å². The summed E-state index contributed by atoms with van der Waals surface area (Å²) in [6.45, 7) is 8.01. The van der Waals surface area contributed by atoms with E-state index in [1.807, 2.05) is 88.4 Å². The highest BCUT2D eigenvalue weighted by Gasteiger charge is 2.27. The molecule has 0 bridgehead atoms. The molecule has 0 fully saturated rings. The van der Waals surface area contributed by atoms with Crippen molar-refractivity contribution in [3.05, 3.63) is 71.8 Å². The molecular formula is C30H34O4. The predicted octanol–water partition coefficient (Wildman–Crippen LogP) is 7.01. The number of phenolic OH excluding ortho intramolecular Hbond substituents is 2. The third-order valence-electron chi connectivity index (χ3n) is 6.79. The largest absolute Gasteiger partial charge is 0.507 e. The number of hydrogen-bond acceptors (Lipinski definition) is 4. The Labute approximate surface area is 201 Å². The fourth-order valence-electron chi connectivity index (χ4n) is 4.63. The molecule has 0 heterocycles. The molecule has 0 aromatic heterocycles. The van der Waals surface area contributed by atoms with Crippen LogP contribution >= 0.6 is 0 Å². The number of benzene rings is 4. The number of methoxy groups -OCH3 is 2. The normalized spacial score (nSPS) is 12.5. The van der Waals surface area contributed by atoms with Crippen molar-refractivity contribution in [3.63, 3.8) is 0 Å². The highest BCUT2D eigenvalue weighted by molar-refractivity contribution is 6.10. The van der Waals surface area contributed by atoms with Gasteiger partial charge in [0.25, 0.3) is 0 Å². The number of ether oxygens (including phenoxy) is 2. The minimum Gasteiger partial charge on any atom is -0.507 e. The van der Waals surface area contributed by atoms with Gasteiger partial charge in [-0.3, -0.25) is 0 Å². The lowest BCUT2D eigenvalue weighted by atomic mass is 9.85. The minimum absolute atomic E-state index is 0.174. The number of fused-ring (bicyclic) bond motifs is 2. The van der Waals surface area contributed by atoms with Gasteiger partial charge in [-0.2, -0.15) is 0 Å². The van der Waals surface area contributed by atoms with E-state index in [2.05, 4.69) is 0 Å². The second-order valence-electron chi connectivity index (χ2n) is 10.2. The van der Waals surface area contributed by atoms with Crippen molar-refractivity contribution in [1.82, 2.24) is 0 Å². The van der Waals surface area contributed by atoms with E-state index in [-0.39, 0.29) is 11.5 Å². The van der Waals surface area contributed by atoms with Gasteiger partial charge < -0.3 is 19.7 Å². The first-order chi connectivity index (χ1) is 16.1. The van der Waals surface area contributed by atoms with Crippen molar-refractivity contribution in [1.29, 1.82) is 0 Å². The summed E-state index contributed by atoms with van der Waals surface area (Å²) < 4.78 is 11.3. The van der Waals surface area contributed by atoms with Gasteiger partial charge in [0.1, 0.15) is 11.5 Å². The van der Waals surface area contributed by atoms with Crippen LogP contribution in [0.3, 0.4) is 0 Å². The van der Waals surface area contributed by atoms with Gasteiger partial charge >= 0.3 is 0 Å². The van der Waals surface area contributed by atoms with E-state index in [0.717, 1.165) is 32.7 Å². The van der Waals surface area contributed by atoms with Crippen LogP contribution in [0, 0.1) is 0 Å². The van der Waals surface area contributed by atoms with Gasteiger partial charge in [-0.05, 0) is 72.5 Å². The summed E-state index contributed by atoms with van der Waals surface area (Å²) in [7, 11) is 3.36. The Morgan fingerprint density at radius 3 is 1.32 bits per heavy atom. The first kappa shape index (κ1) is 24.1. The molecule has 0 amide bonds. The summed E-state index contributed by atoms with van der Waals surface area (Å²) in [5.74, 6) is 0.347. The molecule has 0 saturated carbocycles.